The number of H-pyrrole nitrogens is 2. The van der Waals surface area contributed by atoms with E-state index >= 15 is 0 Å². The maximum absolute atomic E-state index is 13.9. The fourth-order valence-electron chi connectivity index (χ4n) is 10.5. The predicted octanol–water partition coefficient (Wildman–Crippen LogP) is 7.58. The average Bonchev–Trinajstić information content (AvgIpc) is 3.94. The third-order valence-electron chi connectivity index (χ3n) is 14.3. The van der Waals surface area contributed by atoms with Gasteiger partial charge in [-0.05, 0) is 95.4 Å². The van der Waals surface area contributed by atoms with Gasteiger partial charge in [0, 0.05) is 44.8 Å². The van der Waals surface area contributed by atoms with Crippen LogP contribution < -0.4 is 10.6 Å². The first-order chi connectivity index (χ1) is 30.9. The van der Waals surface area contributed by atoms with Crippen LogP contribution in [-0.4, -0.2) is 113 Å². The van der Waals surface area contributed by atoms with Gasteiger partial charge in [-0.15, -0.1) is 0 Å². The second kappa shape index (κ2) is 17.5. The van der Waals surface area contributed by atoms with Crippen LogP contribution in [0.2, 0.25) is 0 Å². The minimum Gasteiger partial charge on any atom is -0.453 e. The van der Waals surface area contributed by atoms with Crippen LogP contribution in [0, 0.1) is 17.3 Å². The first-order valence-corrected chi connectivity index (χ1v) is 22.4. The number of fused-ring (bicyclic) bond motifs is 3. The number of aromatic nitrogens is 4. The largest absolute Gasteiger partial charge is 0.453 e. The van der Waals surface area contributed by atoms with Gasteiger partial charge in [-0.3, -0.25) is 9.69 Å². The fraction of sp³-hybridized carbons (Fsp3) is 0.469. The predicted molar refractivity (Wildman–Crippen MR) is 241 cm³/mol. The molecule has 4 N–H and O–H groups in total. The van der Waals surface area contributed by atoms with E-state index in [1.165, 1.54) is 14.2 Å². The number of alkyl carbamates (subject to hydrolysis) is 2. The highest BCUT2D eigenvalue weighted by Crippen LogP contribution is 2.58. The number of benzene rings is 3. The van der Waals surface area contributed by atoms with Crippen molar-refractivity contribution in [3.05, 3.63) is 84.7 Å². The second-order valence-electron chi connectivity index (χ2n) is 18.7. The van der Waals surface area contributed by atoms with Crippen molar-refractivity contribution in [2.75, 3.05) is 41.0 Å². The van der Waals surface area contributed by atoms with Crippen molar-refractivity contribution in [2.24, 2.45) is 17.3 Å². The van der Waals surface area contributed by atoms with Crippen LogP contribution >= 0.6 is 0 Å². The lowest BCUT2D eigenvalue weighted by Crippen LogP contribution is -2.59. The van der Waals surface area contributed by atoms with Gasteiger partial charge in [-0.2, -0.15) is 0 Å². The van der Waals surface area contributed by atoms with Gasteiger partial charge in [0.15, 0.2) is 0 Å². The molecule has 336 valence electrons. The zero-order chi connectivity index (χ0) is 44.8. The number of methoxy groups -OCH3 is 3. The molecule has 3 amide bonds. The van der Waals surface area contributed by atoms with Crippen molar-refractivity contribution in [1.82, 2.24) is 40.4 Å². The van der Waals surface area contributed by atoms with E-state index in [4.69, 9.17) is 24.2 Å². The van der Waals surface area contributed by atoms with Gasteiger partial charge in [0.25, 0.3) is 0 Å². The Morgan fingerprint density at radius 3 is 2.17 bits per heavy atom. The van der Waals surface area contributed by atoms with Crippen LogP contribution in [0.4, 0.5) is 9.59 Å². The van der Waals surface area contributed by atoms with E-state index < -0.39 is 23.8 Å². The number of nitrogens with zero attached hydrogens (tertiary/aromatic N) is 4. The van der Waals surface area contributed by atoms with Gasteiger partial charge in [0.05, 0.1) is 50.1 Å². The number of piperidine rings is 1. The Balaban J connectivity index is 0.890. The molecule has 0 unspecified atom stereocenters. The molecule has 2 bridgehead atoms. The Hall–Kier alpha value is -6.06. The van der Waals surface area contributed by atoms with Gasteiger partial charge < -0.3 is 44.5 Å². The molecule has 4 aliphatic rings. The van der Waals surface area contributed by atoms with E-state index in [0.717, 1.165) is 101 Å². The van der Waals surface area contributed by atoms with E-state index in [9.17, 15) is 19.2 Å². The number of hydrogen-bond donors (Lipinski definition) is 4. The summed E-state index contributed by atoms with van der Waals surface area (Å²) in [5.41, 5.74) is 4.99. The molecule has 2 aromatic heterocycles. The molecule has 2 saturated heterocycles. The Bertz CT molecular complexity index is 2530. The fourth-order valence-corrected chi connectivity index (χ4v) is 10.5. The zero-order valence-electron chi connectivity index (χ0n) is 37.2. The normalized spacial score (nSPS) is 22.4. The van der Waals surface area contributed by atoms with E-state index in [1.54, 1.807) is 7.11 Å². The van der Waals surface area contributed by atoms with Crippen molar-refractivity contribution >= 4 is 35.2 Å². The minimum atomic E-state index is -1.15. The first kappa shape index (κ1) is 43.2. The Labute approximate surface area is 373 Å². The number of carbonyl (C=O) groups is 4. The third-order valence-corrected chi connectivity index (χ3v) is 14.3. The molecule has 0 radical (unpaired) electrons. The molecule has 3 aromatic carbocycles. The number of rotatable bonds is 15. The number of hydrogen-bond acceptors (Lipinski definition) is 10. The van der Waals surface area contributed by atoms with Crippen molar-refractivity contribution in [3.8, 4) is 33.6 Å². The van der Waals surface area contributed by atoms with E-state index in [2.05, 4.69) is 86.2 Å². The van der Waals surface area contributed by atoms with Crippen molar-refractivity contribution < 1.29 is 33.4 Å². The molecule has 2 aliphatic carbocycles. The molecule has 6 atom stereocenters. The lowest BCUT2D eigenvalue weighted by molar-refractivity contribution is -0.135. The molecule has 2 saturated carbocycles. The molecule has 4 fully saturated rings. The maximum atomic E-state index is 13.9. The SMILES string of the molecule is COCC[C@](C=O)(CN1[C@@H]2CC[C@@H](C2)[C@H]1c1ncc(-c2ccc(-c3ccc4cc(-c5cnc([C@@H]6CC7(CC7)CN6C(=O)[C@@H](NC(=O)OC)C(C)C)[nH]5)ccc4c3)cc2)[nH]1)NC(=O)OC. The molecule has 4 heterocycles. The highest BCUT2D eigenvalue weighted by Gasteiger charge is 2.55. The average molecular weight is 871 g/mol. The van der Waals surface area contributed by atoms with Crippen LogP contribution in [-0.2, 0) is 23.8 Å². The van der Waals surface area contributed by atoms with E-state index in [-0.39, 0.29) is 29.3 Å². The lowest BCUT2D eigenvalue weighted by Gasteiger charge is -2.40. The first-order valence-electron chi connectivity index (χ1n) is 22.4. The number of carbonyl (C=O) groups excluding carboxylic acids is 4. The Morgan fingerprint density at radius 2 is 1.50 bits per heavy atom. The van der Waals surface area contributed by atoms with Crippen LogP contribution in [0.5, 0.6) is 0 Å². The standard InChI is InChI=1S/C49H58N8O7/c1-29(2)41(54-46(60)63-4)45(59)57-26-48(16-17-48)23-40(57)43-50-25-39(52-43)35-13-12-33-20-32(10-11-34(33)21-35)30-6-8-31(9-7-30)38-24-51-44(53-38)42-36-14-15-37(22-36)56(42)27-49(28-58,18-19-62-3)55-47(61)64-5/h6-13,20-21,24-25,28-29,36-37,40-42H,14-19,22-23,26-27H2,1-5H3,(H,50,52)(H,51,53)(H,54,60)(H,55,61)/t36-,37+,40-,41-,42-,49+/m0/s1. The van der Waals surface area contributed by atoms with Gasteiger partial charge in [0.2, 0.25) is 5.91 Å². The molecule has 9 rings (SSSR count). The summed E-state index contributed by atoms with van der Waals surface area (Å²) in [5.74, 6) is 1.81. The highest BCUT2D eigenvalue weighted by atomic mass is 16.5. The summed E-state index contributed by atoms with van der Waals surface area (Å²) in [4.78, 5) is 72.1. The maximum Gasteiger partial charge on any atom is 0.407 e. The monoisotopic (exact) mass is 870 g/mol. The number of ether oxygens (including phenoxy) is 3. The number of amides is 3. The topological polar surface area (TPSA) is 184 Å². The highest BCUT2D eigenvalue weighted by molar-refractivity contribution is 5.91. The summed E-state index contributed by atoms with van der Waals surface area (Å²) in [6.07, 6.45) is 9.80. The molecule has 64 heavy (non-hydrogen) atoms. The summed E-state index contributed by atoms with van der Waals surface area (Å²) in [5, 5.41) is 7.78. The van der Waals surface area contributed by atoms with Gasteiger partial charge in [-0.1, -0.05) is 62.4 Å². The molecular formula is C49H58N8O7. The van der Waals surface area contributed by atoms with Gasteiger partial charge >= 0.3 is 12.2 Å². The van der Waals surface area contributed by atoms with Crippen molar-refractivity contribution in [1.29, 1.82) is 0 Å². The molecule has 1 spiro atoms. The summed E-state index contributed by atoms with van der Waals surface area (Å²) < 4.78 is 15.0. The van der Waals surface area contributed by atoms with Crippen LogP contribution in [0.3, 0.4) is 0 Å². The molecule has 15 nitrogen and oxygen atoms in total. The van der Waals surface area contributed by atoms with Crippen LogP contribution in [0.1, 0.15) is 82.5 Å². The smallest absolute Gasteiger partial charge is 0.407 e. The summed E-state index contributed by atoms with van der Waals surface area (Å²) in [6.45, 7) is 5.17. The summed E-state index contributed by atoms with van der Waals surface area (Å²) >= 11 is 0. The molecule has 2 aliphatic heterocycles. The van der Waals surface area contributed by atoms with Crippen LogP contribution in [0.25, 0.3) is 44.4 Å². The minimum absolute atomic E-state index is 0.00874. The quantitative estimate of drug-likeness (QED) is 0.0766. The summed E-state index contributed by atoms with van der Waals surface area (Å²) in [6, 6.07) is 20.8. The number of aldehydes is 1. The molecular weight excluding hydrogens is 813 g/mol. The lowest BCUT2D eigenvalue weighted by atomic mass is 9.92. The van der Waals surface area contributed by atoms with E-state index in [0.29, 0.717) is 38.1 Å². The zero-order valence-corrected chi connectivity index (χ0v) is 37.2. The second-order valence-corrected chi connectivity index (χ2v) is 18.7. The van der Waals surface area contributed by atoms with Gasteiger partial charge in [-0.25, -0.2) is 19.6 Å². The third kappa shape index (κ3) is 8.38. The number of aromatic amines is 2. The van der Waals surface area contributed by atoms with Crippen molar-refractivity contribution in [3.63, 3.8) is 0 Å². The number of imidazole rings is 2. The Morgan fingerprint density at radius 1 is 0.859 bits per heavy atom. The Kier molecular flexibility index (Phi) is 11.8. The molecule has 5 aromatic rings. The van der Waals surface area contributed by atoms with Crippen molar-refractivity contribution in [2.45, 2.75) is 88.5 Å². The van der Waals surface area contributed by atoms with Gasteiger partial charge in [0.1, 0.15) is 29.5 Å². The summed E-state index contributed by atoms with van der Waals surface area (Å²) in [7, 11) is 4.19. The van der Waals surface area contributed by atoms with E-state index in [1.807, 2.05) is 31.1 Å². The van der Waals surface area contributed by atoms with Crippen LogP contribution in [0.15, 0.2) is 73.1 Å². The number of likely N-dealkylation sites (tertiary alicyclic amines) is 2. The number of nitrogens with one attached hydrogen (secondary N) is 4. The molecule has 15 heteroatoms.